The number of hydrogen-bond donors (Lipinski definition) is 0. The Hall–Kier alpha value is 0.320. The van der Waals surface area contributed by atoms with Gasteiger partial charge in [-0.15, -0.1) is 23.2 Å². The molecule has 1 aliphatic rings. The third-order valence-corrected chi connectivity index (χ3v) is 4.05. The van der Waals surface area contributed by atoms with Gasteiger partial charge in [0.05, 0.1) is 10.3 Å². The zero-order valence-corrected chi connectivity index (χ0v) is 9.25. The maximum atomic E-state index is 6.23. The molecule has 0 saturated heterocycles. The zero-order valence-electron chi connectivity index (χ0n) is 7.74. The number of halogens is 2. The van der Waals surface area contributed by atoms with Crippen molar-refractivity contribution in [3.63, 3.8) is 0 Å². The van der Waals surface area contributed by atoms with Crippen molar-refractivity contribution in [2.24, 2.45) is 5.92 Å². The van der Waals surface area contributed by atoms with Crippen molar-refractivity contribution < 1.29 is 0 Å². The Bertz CT molecular complexity index is 184. The molecule has 3 atom stereocenters. The van der Waals surface area contributed by atoms with Gasteiger partial charge in [0, 0.05) is 0 Å². The van der Waals surface area contributed by atoms with Crippen LogP contribution in [0, 0.1) is 5.92 Å². The van der Waals surface area contributed by atoms with E-state index in [2.05, 4.69) is 13.5 Å². The summed E-state index contributed by atoms with van der Waals surface area (Å²) in [6, 6.07) is 0. The fourth-order valence-electron chi connectivity index (χ4n) is 1.67. The molecule has 12 heavy (non-hydrogen) atoms. The van der Waals surface area contributed by atoms with Gasteiger partial charge in [0.25, 0.3) is 0 Å². The summed E-state index contributed by atoms with van der Waals surface area (Å²) in [7, 11) is 0. The number of allylic oxidation sites excluding steroid dienone is 1. The lowest BCUT2D eigenvalue weighted by atomic mass is 9.79. The number of hydrogen-bond acceptors (Lipinski definition) is 0. The highest BCUT2D eigenvalue weighted by molar-refractivity contribution is 6.32. The van der Waals surface area contributed by atoms with Crippen molar-refractivity contribution in [3.8, 4) is 0 Å². The lowest BCUT2D eigenvalue weighted by Gasteiger charge is -2.37. The number of alkyl halides is 2. The van der Waals surface area contributed by atoms with Crippen LogP contribution < -0.4 is 0 Å². The maximum Gasteiger partial charge on any atom is 0.0582 e. The van der Waals surface area contributed by atoms with E-state index >= 15 is 0 Å². The van der Waals surface area contributed by atoms with E-state index in [1.807, 2.05) is 6.92 Å². The molecule has 2 unspecified atom stereocenters. The average molecular weight is 207 g/mol. The van der Waals surface area contributed by atoms with Gasteiger partial charge in [0.2, 0.25) is 0 Å². The second-order valence-corrected chi connectivity index (χ2v) is 5.45. The summed E-state index contributed by atoms with van der Waals surface area (Å²) in [6.45, 7) is 8.06. The van der Waals surface area contributed by atoms with E-state index in [-0.39, 0.29) is 10.3 Å². The van der Waals surface area contributed by atoms with Crippen molar-refractivity contribution in [2.75, 3.05) is 0 Å². The summed E-state index contributed by atoms with van der Waals surface area (Å²) in [5.41, 5.74) is 1.24. The quantitative estimate of drug-likeness (QED) is 0.450. The summed E-state index contributed by atoms with van der Waals surface area (Å²) in [4.78, 5) is -0.201. The first kappa shape index (κ1) is 10.4. The van der Waals surface area contributed by atoms with Gasteiger partial charge in [-0.3, -0.25) is 0 Å². The van der Waals surface area contributed by atoms with E-state index in [0.29, 0.717) is 5.92 Å². The highest BCUT2D eigenvalue weighted by atomic mass is 35.5. The molecule has 0 heterocycles. The van der Waals surface area contributed by atoms with Gasteiger partial charge in [0.15, 0.2) is 0 Å². The third-order valence-electron chi connectivity index (χ3n) is 2.82. The molecule has 2 heteroatoms. The van der Waals surface area contributed by atoms with E-state index < -0.39 is 0 Å². The van der Waals surface area contributed by atoms with E-state index in [1.54, 1.807) is 0 Å². The molecule has 1 aliphatic carbocycles. The molecule has 0 N–H and O–H groups in total. The van der Waals surface area contributed by atoms with Crippen LogP contribution >= 0.6 is 23.2 Å². The summed E-state index contributed by atoms with van der Waals surface area (Å²) in [6.07, 6.45) is 3.12. The molecule has 0 aromatic rings. The molecule has 1 saturated carbocycles. The van der Waals surface area contributed by atoms with Crippen molar-refractivity contribution in [1.29, 1.82) is 0 Å². The SMILES string of the molecule is C=C(C)[C@@H]1CCC(C)(Cl)C(Cl)C1. The first-order valence-corrected chi connectivity index (χ1v) is 5.23. The van der Waals surface area contributed by atoms with Gasteiger partial charge in [-0.25, -0.2) is 0 Å². The van der Waals surface area contributed by atoms with Crippen molar-refractivity contribution in [1.82, 2.24) is 0 Å². The Kier molecular flexibility index (Phi) is 3.11. The second kappa shape index (κ2) is 3.59. The van der Waals surface area contributed by atoms with Crippen molar-refractivity contribution >= 4 is 23.2 Å². The van der Waals surface area contributed by atoms with Crippen molar-refractivity contribution in [3.05, 3.63) is 12.2 Å². The topological polar surface area (TPSA) is 0 Å². The first-order valence-electron chi connectivity index (χ1n) is 4.42. The largest absolute Gasteiger partial charge is 0.121 e. The van der Waals surface area contributed by atoms with Crippen LogP contribution in [0.25, 0.3) is 0 Å². The summed E-state index contributed by atoms with van der Waals surface area (Å²) in [5.74, 6) is 0.583. The highest BCUT2D eigenvalue weighted by Crippen LogP contribution is 2.41. The molecule has 1 fully saturated rings. The minimum absolute atomic E-state index is 0.0922. The monoisotopic (exact) mass is 206 g/mol. The first-order chi connectivity index (χ1) is 5.43. The van der Waals surface area contributed by atoms with Gasteiger partial charge in [-0.2, -0.15) is 0 Å². The van der Waals surface area contributed by atoms with E-state index in [9.17, 15) is 0 Å². The van der Waals surface area contributed by atoms with Gasteiger partial charge >= 0.3 is 0 Å². The predicted molar refractivity (Wildman–Crippen MR) is 56.1 cm³/mol. The molecule has 0 aromatic heterocycles. The maximum absolute atomic E-state index is 6.23. The molecular weight excluding hydrogens is 191 g/mol. The van der Waals surface area contributed by atoms with Crippen LogP contribution in [0.15, 0.2) is 12.2 Å². The third kappa shape index (κ3) is 2.17. The predicted octanol–water partition coefficient (Wildman–Crippen LogP) is 3.97. The van der Waals surface area contributed by atoms with Gasteiger partial charge in [-0.1, -0.05) is 12.2 Å². The zero-order chi connectivity index (χ0) is 9.35. The van der Waals surface area contributed by atoms with E-state index in [4.69, 9.17) is 23.2 Å². The Labute approximate surface area is 84.9 Å². The second-order valence-electron chi connectivity index (χ2n) is 4.06. The molecule has 0 aromatic carbocycles. The Morgan fingerprint density at radius 3 is 2.58 bits per heavy atom. The van der Waals surface area contributed by atoms with Crippen LogP contribution in [0.3, 0.4) is 0 Å². The van der Waals surface area contributed by atoms with Crippen LogP contribution in [0.2, 0.25) is 0 Å². The summed E-state index contributed by atoms with van der Waals surface area (Å²) >= 11 is 12.4. The van der Waals surface area contributed by atoms with Crippen LogP contribution in [-0.4, -0.2) is 10.3 Å². The lowest BCUT2D eigenvalue weighted by molar-refractivity contribution is 0.349. The molecular formula is C10H16Cl2. The van der Waals surface area contributed by atoms with Crippen LogP contribution in [0.4, 0.5) is 0 Å². The highest BCUT2D eigenvalue weighted by Gasteiger charge is 2.37. The molecule has 0 nitrogen and oxygen atoms in total. The Balaban J connectivity index is 2.58. The average Bonchev–Trinajstić information content (AvgIpc) is 1.94. The van der Waals surface area contributed by atoms with Crippen molar-refractivity contribution in [2.45, 2.75) is 43.4 Å². The number of rotatable bonds is 1. The molecule has 1 rings (SSSR count). The van der Waals surface area contributed by atoms with E-state index in [1.165, 1.54) is 5.57 Å². The summed E-state index contributed by atoms with van der Waals surface area (Å²) in [5, 5.41) is 0.0922. The Morgan fingerprint density at radius 1 is 1.58 bits per heavy atom. The van der Waals surface area contributed by atoms with Crippen LogP contribution in [-0.2, 0) is 0 Å². The molecule has 70 valence electrons. The molecule has 0 radical (unpaired) electrons. The van der Waals surface area contributed by atoms with Gasteiger partial charge in [-0.05, 0) is 39.0 Å². The van der Waals surface area contributed by atoms with Gasteiger partial charge in [0.1, 0.15) is 0 Å². The van der Waals surface area contributed by atoms with Crippen LogP contribution in [0.5, 0.6) is 0 Å². The van der Waals surface area contributed by atoms with E-state index in [0.717, 1.165) is 19.3 Å². The summed E-state index contributed by atoms with van der Waals surface area (Å²) < 4.78 is 0. The molecule has 0 aliphatic heterocycles. The molecule has 0 spiro atoms. The Morgan fingerprint density at radius 2 is 2.17 bits per heavy atom. The minimum atomic E-state index is -0.201. The normalized spacial score (nSPS) is 42.7. The fraction of sp³-hybridized carbons (Fsp3) is 0.800. The molecule has 0 amide bonds. The van der Waals surface area contributed by atoms with Gasteiger partial charge < -0.3 is 0 Å². The molecule has 0 bridgehead atoms. The smallest absolute Gasteiger partial charge is 0.0582 e. The standard InChI is InChI=1S/C10H16Cl2/c1-7(2)8-4-5-10(3,12)9(11)6-8/h8-9H,1,4-6H2,2-3H3/t8-,9?,10?/m1/s1. The minimum Gasteiger partial charge on any atom is -0.121 e. The van der Waals surface area contributed by atoms with Crippen LogP contribution in [0.1, 0.15) is 33.1 Å². The lowest BCUT2D eigenvalue weighted by Crippen LogP contribution is -2.36. The fourth-order valence-corrected chi connectivity index (χ4v) is 2.20.